The van der Waals surface area contributed by atoms with Crippen LogP contribution in [0.3, 0.4) is 0 Å². The molecule has 0 bridgehead atoms. The third kappa shape index (κ3) is 4.11. The van der Waals surface area contributed by atoms with E-state index in [9.17, 15) is 5.11 Å². The van der Waals surface area contributed by atoms with Crippen molar-refractivity contribution in [2.24, 2.45) is 11.3 Å². The van der Waals surface area contributed by atoms with Gasteiger partial charge < -0.3 is 5.11 Å². The van der Waals surface area contributed by atoms with Crippen LogP contribution in [0.15, 0.2) is 12.1 Å². The molecule has 2 rings (SSSR count). The first-order valence-corrected chi connectivity index (χ1v) is 9.28. The molecule has 0 heterocycles. The van der Waals surface area contributed by atoms with E-state index in [4.69, 9.17) is 0 Å². The van der Waals surface area contributed by atoms with Crippen molar-refractivity contribution in [2.75, 3.05) is 0 Å². The van der Waals surface area contributed by atoms with Crippen LogP contribution < -0.4 is 0 Å². The van der Waals surface area contributed by atoms with Gasteiger partial charge in [0, 0.05) is 0 Å². The van der Waals surface area contributed by atoms with Gasteiger partial charge in [0.05, 0.1) is 0 Å². The maximum atomic E-state index is 10.8. The minimum Gasteiger partial charge on any atom is -0.507 e. The molecule has 1 nitrogen and oxygen atoms in total. The average molecular weight is 317 g/mol. The third-order valence-electron chi connectivity index (χ3n) is 5.45. The Morgan fingerprint density at radius 3 is 2.22 bits per heavy atom. The zero-order valence-electron chi connectivity index (χ0n) is 16.5. The quantitative estimate of drug-likeness (QED) is 0.640. The van der Waals surface area contributed by atoms with Crippen molar-refractivity contribution < 1.29 is 5.11 Å². The minimum atomic E-state index is -0.0282. The van der Waals surface area contributed by atoms with Gasteiger partial charge in [-0.2, -0.15) is 0 Å². The van der Waals surface area contributed by atoms with E-state index in [0.717, 1.165) is 17.0 Å². The lowest BCUT2D eigenvalue weighted by molar-refractivity contribution is 0.168. The molecular formula is C22H36O. The van der Waals surface area contributed by atoms with E-state index in [1.54, 1.807) is 0 Å². The van der Waals surface area contributed by atoms with Crippen LogP contribution in [0.5, 0.6) is 5.75 Å². The van der Waals surface area contributed by atoms with Crippen molar-refractivity contribution >= 4 is 0 Å². The summed E-state index contributed by atoms with van der Waals surface area (Å²) in [6.45, 7) is 18.2. The molecule has 2 unspecified atom stereocenters. The van der Waals surface area contributed by atoms with E-state index in [0.29, 0.717) is 23.0 Å². The second kappa shape index (κ2) is 6.15. The van der Waals surface area contributed by atoms with E-state index >= 15 is 0 Å². The van der Waals surface area contributed by atoms with Crippen LogP contribution in [0.4, 0.5) is 0 Å². The van der Waals surface area contributed by atoms with Crippen molar-refractivity contribution in [1.29, 1.82) is 0 Å². The smallest absolute Gasteiger partial charge is 0.122 e. The molecule has 1 aromatic carbocycles. The second-order valence-corrected chi connectivity index (χ2v) is 10.0. The molecule has 1 heteroatoms. The predicted octanol–water partition coefficient (Wildman–Crippen LogP) is 6.74. The molecule has 1 N–H and O–H groups in total. The molecule has 23 heavy (non-hydrogen) atoms. The molecule has 0 amide bonds. The molecular weight excluding hydrogens is 280 g/mol. The zero-order valence-corrected chi connectivity index (χ0v) is 16.5. The highest BCUT2D eigenvalue weighted by molar-refractivity contribution is 5.49. The Bertz CT molecular complexity index is 560. The number of rotatable bonds is 2. The summed E-state index contributed by atoms with van der Waals surface area (Å²) in [5.74, 6) is 2.26. The van der Waals surface area contributed by atoms with Crippen molar-refractivity contribution in [2.45, 2.75) is 91.9 Å². The van der Waals surface area contributed by atoms with Gasteiger partial charge in [0.1, 0.15) is 5.75 Å². The van der Waals surface area contributed by atoms with Gasteiger partial charge >= 0.3 is 0 Å². The summed E-state index contributed by atoms with van der Waals surface area (Å²) in [4.78, 5) is 0. The van der Waals surface area contributed by atoms with E-state index in [1.165, 1.54) is 24.8 Å². The lowest BCUT2D eigenvalue weighted by Crippen LogP contribution is -2.27. The highest BCUT2D eigenvalue weighted by atomic mass is 16.3. The molecule has 2 atom stereocenters. The highest BCUT2D eigenvalue weighted by Gasteiger charge is 2.34. The van der Waals surface area contributed by atoms with Crippen LogP contribution in [0.1, 0.15) is 103 Å². The van der Waals surface area contributed by atoms with E-state index in [2.05, 4.69) is 67.5 Å². The molecule has 0 saturated heterocycles. The standard InChI is InChI=1S/C22H36O/c1-14(2)18-10-16(11-19(20(18)23)21(4,5)6)17-9-15(3)12-22(7,8)13-17/h10-11,14-15,17,23H,9,12-13H2,1-8H3. The Morgan fingerprint density at radius 2 is 1.74 bits per heavy atom. The van der Waals surface area contributed by atoms with E-state index in [1.807, 2.05) is 0 Å². The predicted molar refractivity (Wildman–Crippen MR) is 100 cm³/mol. The summed E-state index contributed by atoms with van der Waals surface area (Å²) >= 11 is 0. The van der Waals surface area contributed by atoms with Crippen molar-refractivity contribution in [3.05, 3.63) is 28.8 Å². The SMILES string of the molecule is CC1CC(c2cc(C(C)C)c(O)c(C(C)(C)C)c2)CC(C)(C)C1. The van der Waals surface area contributed by atoms with E-state index < -0.39 is 0 Å². The number of hydrogen-bond acceptors (Lipinski definition) is 1. The van der Waals surface area contributed by atoms with Crippen LogP contribution in [0.2, 0.25) is 0 Å². The summed E-state index contributed by atoms with van der Waals surface area (Å²) in [5.41, 5.74) is 4.05. The van der Waals surface area contributed by atoms with Crippen LogP contribution in [0.25, 0.3) is 0 Å². The second-order valence-electron chi connectivity index (χ2n) is 10.0. The largest absolute Gasteiger partial charge is 0.507 e. The Kier molecular flexibility index (Phi) is 4.91. The summed E-state index contributed by atoms with van der Waals surface area (Å²) in [7, 11) is 0. The lowest BCUT2D eigenvalue weighted by atomic mass is 9.65. The first kappa shape index (κ1) is 18.4. The molecule has 0 radical (unpaired) electrons. The van der Waals surface area contributed by atoms with Gasteiger partial charge in [0.25, 0.3) is 0 Å². The van der Waals surface area contributed by atoms with Crippen LogP contribution in [-0.4, -0.2) is 5.11 Å². The van der Waals surface area contributed by atoms with Gasteiger partial charge in [-0.1, -0.05) is 67.5 Å². The fraction of sp³-hybridized carbons (Fsp3) is 0.727. The summed E-state index contributed by atoms with van der Waals surface area (Å²) < 4.78 is 0. The maximum absolute atomic E-state index is 10.8. The molecule has 0 spiro atoms. The van der Waals surface area contributed by atoms with Crippen molar-refractivity contribution in [1.82, 2.24) is 0 Å². The zero-order chi connectivity index (χ0) is 17.6. The molecule has 0 aromatic heterocycles. The van der Waals surface area contributed by atoms with Gasteiger partial charge in [-0.25, -0.2) is 0 Å². The molecule has 0 aliphatic heterocycles. The van der Waals surface area contributed by atoms with Crippen molar-refractivity contribution in [3.63, 3.8) is 0 Å². The van der Waals surface area contributed by atoms with Gasteiger partial charge in [0.15, 0.2) is 0 Å². The van der Waals surface area contributed by atoms with Gasteiger partial charge in [0.2, 0.25) is 0 Å². The monoisotopic (exact) mass is 316 g/mol. The van der Waals surface area contributed by atoms with Crippen LogP contribution >= 0.6 is 0 Å². The third-order valence-corrected chi connectivity index (χ3v) is 5.45. The number of benzene rings is 1. The number of hydrogen-bond donors (Lipinski definition) is 1. The average Bonchev–Trinajstić information content (AvgIpc) is 2.34. The number of aromatic hydroxyl groups is 1. The Labute approximate surface area is 143 Å². The number of phenols is 1. The first-order chi connectivity index (χ1) is 10.4. The minimum absolute atomic E-state index is 0.0282. The van der Waals surface area contributed by atoms with E-state index in [-0.39, 0.29) is 5.41 Å². The Balaban J connectivity index is 2.52. The lowest BCUT2D eigenvalue weighted by Gasteiger charge is -2.40. The number of phenolic OH excluding ortho intramolecular Hbond substituents is 1. The van der Waals surface area contributed by atoms with Gasteiger partial charge in [-0.05, 0) is 64.5 Å². The Morgan fingerprint density at radius 1 is 1.13 bits per heavy atom. The van der Waals surface area contributed by atoms with Crippen LogP contribution in [0, 0.1) is 11.3 Å². The first-order valence-electron chi connectivity index (χ1n) is 9.28. The normalized spacial score (nSPS) is 24.9. The summed E-state index contributed by atoms with van der Waals surface area (Å²) in [6, 6.07) is 4.58. The van der Waals surface area contributed by atoms with Gasteiger partial charge in [-0.3, -0.25) is 0 Å². The fourth-order valence-corrected chi connectivity index (χ4v) is 4.53. The molecule has 1 aromatic rings. The summed E-state index contributed by atoms with van der Waals surface area (Å²) in [5, 5.41) is 10.8. The maximum Gasteiger partial charge on any atom is 0.122 e. The molecule has 130 valence electrons. The van der Waals surface area contributed by atoms with Crippen molar-refractivity contribution in [3.8, 4) is 5.75 Å². The molecule has 1 fully saturated rings. The molecule has 1 aliphatic carbocycles. The highest BCUT2D eigenvalue weighted by Crippen LogP contribution is 2.48. The molecule has 1 saturated carbocycles. The topological polar surface area (TPSA) is 20.2 Å². The summed E-state index contributed by atoms with van der Waals surface area (Å²) in [6.07, 6.45) is 3.85. The molecule has 1 aliphatic rings. The fourth-order valence-electron chi connectivity index (χ4n) is 4.53. The van der Waals surface area contributed by atoms with Crippen LogP contribution in [-0.2, 0) is 5.41 Å². The Hall–Kier alpha value is -0.980. The van der Waals surface area contributed by atoms with Gasteiger partial charge in [-0.15, -0.1) is 0 Å².